The van der Waals surface area contributed by atoms with Crippen molar-refractivity contribution in [1.29, 1.82) is 0 Å². The summed E-state index contributed by atoms with van der Waals surface area (Å²) in [6, 6.07) is 18.9. The average molecular weight is 475 g/mol. The summed E-state index contributed by atoms with van der Waals surface area (Å²) in [4.78, 5) is 28.0. The standard InChI is InChI=1S/C27H27ClN4O2/c1-29-25(33)16-31-22-7-2-3-8-23(22)32(27(31)34)18-11-13-30(14-12-18)24-15-17-5-4-6-19-21(28)10-9-20(24)26(17)19/h2-10,18,24H,11-16H2,1H3,(H,29,33)/t24-/m1/s1. The lowest BCUT2D eigenvalue weighted by atomic mass is 9.99. The number of imidazole rings is 1. The van der Waals surface area contributed by atoms with Gasteiger partial charge in [0, 0.05) is 42.6 Å². The van der Waals surface area contributed by atoms with Gasteiger partial charge in [0.25, 0.3) is 0 Å². The van der Waals surface area contributed by atoms with E-state index in [1.54, 1.807) is 11.6 Å². The Morgan fingerprint density at radius 1 is 1.03 bits per heavy atom. The maximum absolute atomic E-state index is 13.4. The van der Waals surface area contributed by atoms with Crippen LogP contribution in [0.4, 0.5) is 0 Å². The number of hydrogen-bond acceptors (Lipinski definition) is 3. The summed E-state index contributed by atoms with van der Waals surface area (Å²) in [5, 5.41) is 5.90. The normalized spacial score (nSPS) is 18.7. The topological polar surface area (TPSA) is 59.3 Å². The van der Waals surface area contributed by atoms with Crippen molar-refractivity contribution in [3.63, 3.8) is 0 Å². The SMILES string of the molecule is CNC(=O)Cn1c(=O)n(C2CCN([C@@H]3Cc4cccc5c(Cl)ccc3c45)CC2)c2ccccc21. The Balaban J connectivity index is 1.28. The number of nitrogens with zero attached hydrogens (tertiary/aromatic N) is 3. The summed E-state index contributed by atoms with van der Waals surface area (Å²) >= 11 is 6.48. The summed E-state index contributed by atoms with van der Waals surface area (Å²) in [6.07, 6.45) is 2.80. The maximum atomic E-state index is 13.4. The van der Waals surface area contributed by atoms with Crippen LogP contribution in [-0.4, -0.2) is 40.1 Å². The molecule has 1 saturated heterocycles. The average Bonchev–Trinajstić information content (AvgIpc) is 3.37. The third-order valence-corrected chi connectivity index (χ3v) is 7.96. The van der Waals surface area contributed by atoms with Crippen molar-refractivity contribution >= 4 is 39.3 Å². The molecule has 1 fully saturated rings. The first-order valence-corrected chi connectivity index (χ1v) is 12.3. The van der Waals surface area contributed by atoms with Gasteiger partial charge in [0.05, 0.1) is 11.0 Å². The van der Waals surface area contributed by atoms with Crippen LogP contribution in [0.1, 0.15) is 36.1 Å². The second-order valence-electron chi connectivity index (χ2n) is 9.36. The van der Waals surface area contributed by atoms with E-state index in [9.17, 15) is 9.59 Å². The molecule has 1 amide bonds. The van der Waals surface area contributed by atoms with Crippen LogP contribution in [-0.2, 0) is 17.8 Å². The van der Waals surface area contributed by atoms with Gasteiger partial charge in [-0.15, -0.1) is 0 Å². The quantitative estimate of drug-likeness (QED) is 0.480. The number of amides is 1. The van der Waals surface area contributed by atoms with Crippen LogP contribution in [0.2, 0.25) is 5.02 Å². The molecular formula is C27H27ClN4O2. The fourth-order valence-corrected chi connectivity index (χ4v) is 6.20. The number of carbonyl (C=O) groups is 1. The Morgan fingerprint density at radius 3 is 2.56 bits per heavy atom. The molecule has 2 aliphatic rings. The minimum atomic E-state index is -0.171. The van der Waals surface area contributed by atoms with Gasteiger partial charge in [0.1, 0.15) is 6.54 Å². The van der Waals surface area contributed by atoms with E-state index in [0.717, 1.165) is 53.8 Å². The lowest BCUT2D eigenvalue weighted by molar-refractivity contribution is -0.121. The van der Waals surface area contributed by atoms with Gasteiger partial charge in [-0.3, -0.25) is 18.8 Å². The Hall–Kier alpha value is -3.09. The van der Waals surface area contributed by atoms with Crippen LogP contribution in [0.3, 0.4) is 0 Å². The minimum Gasteiger partial charge on any atom is -0.358 e. The highest BCUT2D eigenvalue weighted by atomic mass is 35.5. The number of nitrogens with one attached hydrogen (secondary N) is 1. The van der Waals surface area contributed by atoms with Crippen LogP contribution in [0.5, 0.6) is 0 Å². The van der Waals surface area contributed by atoms with Gasteiger partial charge in [0.15, 0.2) is 0 Å². The van der Waals surface area contributed by atoms with Crippen molar-refractivity contribution in [2.75, 3.05) is 20.1 Å². The number of halogens is 1. The molecule has 1 N–H and O–H groups in total. The van der Waals surface area contributed by atoms with Crippen molar-refractivity contribution in [2.45, 2.75) is 37.9 Å². The number of benzene rings is 3. The van der Waals surface area contributed by atoms with E-state index in [-0.39, 0.29) is 24.2 Å². The molecule has 174 valence electrons. The zero-order valence-electron chi connectivity index (χ0n) is 19.1. The second kappa shape index (κ2) is 8.29. The molecule has 6 nitrogen and oxygen atoms in total. The van der Waals surface area contributed by atoms with Crippen molar-refractivity contribution in [3.8, 4) is 0 Å². The fraction of sp³-hybridized carbons (Fsp3) is 0.333. The molecule has 0 saturated carbocycles. The number of para-hydroxylation sites is 2. The molecule has 1 aromatic heterocycles. The molecule has 0 unspecified atom stereocenters. The Kier molecular flexibility index (Phi) is 5.23. The molecule has 34 heavy (non-hydrogen) atoms. The van der Waals surface area contributed by atoms with Crippen molar-refractivity contribution in [3.05, 3.63) is 81.2 Å². The summed E-state index contributed by atoms with van der Waals surface area (Å²) in [6.45, 7) is 1.89. The molecule has 6 rings (SSSR count). The first kappa shape index (κ1) is 21.4. The molecule has 1 aliphatic heterocycles. The van der Waals surface area contributed by atoms with Gasteiger partial charge in [-0.25, -0.2) is 4.79 Å². The molecule has 0 radical (unpaired) electrons. The predicted molar refractivity (Wildman–Crippen MR) is 136 cm³/mol. The van der Waals surface area contributed by atoms with Gasteiger partial charge in [0.2, 0.25) is 5.91 Å². The lowest BCUT2D eigenvalue weighted by Gasteiger charge is -2.37. The zero-order chi connectivity index (χ0) is 23.4. The highest BCUT2D eigenvalue weighted by Gasteiger charge is 2.33. The summed E-state index contributed by atoms with van der Waals surface area (Å²) in [7, 11) is 1.60. The van der Waals surface area contributed by atoms with Crippen molar-refractivity contribution in [2.24, 2.45) is 0 Å². The Bertz CT molecular complexity index is 1480. The monoisotopic (exact) mass is 474 g/mol. The molecule has 2 heterocycles. The van der Waals surface area contributed by atoms with Gasteiger partial charge in [-0.05, 0) is 54.0 Å². The molecule has 4 aromatic rings. The van der Waals surface area contributed by atoms with Gasteiger partial charge in [-0.1, -0.05) is 48.0 Å². The molecular weight excluding hydrogens is 448 g/mol. The number of rotatable bonds is 4. The molecule has 0 bridgehead atoms. The van der Waals surface area contributed by atoms with Crippen LogP contribution in [0, 0.1) is 0 Å². The summed E-state index contributed by atoms with van der Waals surface area (Å²) < 4.78 is 3.51. The number of hydrogen-bond donors (Lipinski definition) is 1. The van der Waals surface area contributed by atoms with Crippen LogP contribution in [0.15, 0.2) is 59.4 Å². The highest BCUT2D eigenvalue weighted by molar-refractivity contribution is 6.35. The molecule has 7 heteroatoms. The number of likely N-dealkylation sites (N-methyl/N-ethyl adjacent to an activating group) is 1. The highest BCUT2D eigenvalue weighted by Crippen LogP contribution is 2.43. The van der Waals surface area contributed by atoms with Crippen molar-refractivity contribution in [1.82, 2.24) is 19.4 Å². The number of fused-ring (bicyclic) bond motifs is 1. The van der Waals surface area contributed by atoms with Crippen LogP contribution < -0.4 is 11.0 Å². The largest absolute Gasteiger partial charge is 0.358 e. The van der Waals surface area contributed by atoms with E-state index < -0.39 is 0 Å². The summed E-state index contributed by atoms with van der Waals surface area (Å²) in [5.41, 5.74) is 4.36. The van der Waals surface area contributed by atoms with E-state index in [1.165, 1.54) is 16.5 Å². The molecule has 0 spiro atoms. The van der Waals surface area contributed by atoms with E-state index in [1.807, 2.05) is 34.9 Å². The maximum Gasteiger partial charge on any atom is 0.329 e. The van der Waals surface area contributed by atoms with Gasteiger partial charge >= 0.3 is 5.69 Å². The minimum absolute atomic E-state index is 0.0363. The first-order chi connectivity index (χ1) is 16.6. The van der Waals surface area contributed by atoms with E-state index in [2.05, 4.69) is 34.5 Å². The fourth-order valence-electron chi connectivity index (χ4n) is 5.98. The first-order valence-electron chi connectivity index (χ1n) is 11.9. The van der Waals surface area contributed by atoms with Crippen LogP contribution >= 0.6 is 11.6 Å². The number of piperidine rings is 1. The number of carbonyl (C=O) groups excluding carboxylic acids is 1. The van der Waals surface area contributed by atoms with Crippen molar-refractivity contribution < 1.29 is 4.79 Å². The molecule has 3 aromatic carbocycles. The lowest BCUT2D eigenvalue weighted by Crippen LogP contribution is -2.40. The van der Waals surface area contributed by atoms with Crippen LogP contribution in [0.25, 0.3) is 21.8 Å². The second-order valence-corrected chi connectivity index (χ2v) is 9.77. The smallest absolute Gasteiger partial charge is 0.329 e. The van der Waals surface area contributed by atoms with E-state index in [0.29, 0.717) is 6.04 Å². The Morgan fingerprint density at radius 2 is 1.79 bits per heavy atom. The van der Waals surface area contributed by atoms with E-state index >= 15 is 0 Å². The van der Waals surface area contributed by atoms with E-state index in [4.69, 9.17) is 11.6 Å². The number of aromatic nitrogens is 2. The zero-order valence-corrected chi connectivity index (χ0v) is 19.9. The molecule has 1 atom stereocenters. The number of likely N-dealkylation sites (tertiary alicyclic amines) is 1. The predicted octanol–water partition coefficient (Wildman–Crippen LogP) is 4.29. The molecule has 1 aliphatic carbocycles. The third-order valence-electron chi connectivity index (χ3n) is 7.63. The Labute approximate surface area is 202 Å². The van der Waals surface area contributed by atoms with Gasteiger partial charge in [-0.2, -0.15) is 0 Å². The summed E-state index contributed by atoms with van der Waals surface area (Å²) in [5.74, 6) is -0.171. The third kappa shape index (κ3) is 3.28. The van der Waals surface area contributed by atoms with Gasteiger partial charge < -0.3 is 5.32 Å².